The fourth-order valence-electron chi connectivity index (χ4n) is 3.88. The van der Waals surface area contributed by atoms with Crippen LogP contribution >= 0.6 is 0 Å². The van der Waals surface area contributed by atoms with Crippen LogP contribution in [0.2, 0.25) is 0 Å². The lowest BCUT2D eigenvalue weighted by atomic mass is 10.0. The lowest BCUT2D eigenvalue weighted by Crippen LogP contribution is -2.57. The highest BCUT2D eigenvalue weighted by atomic mass is 16.3. The van der Waals surface area contributed by atoms with E-state index in [1.165, 1.54) is 0 Å². The van der Waals surface area contributed by atoms with Crippen LogP contribution in [0.25, 0.3) is 0 Å². The zero-order valence-corrected chi connectivity index (χ0v) is 18.8. The molecule has 1 aliphatic rings. The zero-order chi connectivity index (χ0) is 22.8. The number of urea groups is 1. The molecular weight excluding hydrogens is 404 g/mol. The highest BCUT2D eigenvalue weighted by Crippen LogP contribution is 2.10. The number of carbonyl (C=O) groups excluding carboxylic acids is 2. The van der Waals surface area contributed by atoms with Crippen molar-refractivity contribution in [2.45, 2.75) is 18.9 Å². The van der Waals surface area contributed by atoms with Gasteiger partial charge in [-0.15, -0.1) is 0 Å². The first-order valence-corrected chi connectivity index (χ1v) is 11.3. The van der Waals surface area contributed by atoms with Crippen LogP contribution in [0.15, 0.2) is 60.7 Å². The molecule has 0 radical (unpaired) electrons. The second-order valence-electron chi connectivity index (χ2n) is 8.27. The summed E-state index contributed by atoms with van der Waals surface area (Å²) in [7, 11) is 2.05. The van der Waals surface area contributed by atoms with Crippen LogP contribution in [0.3, 0.4) is 0 Å². The van der Waals surface area contributed by atoms with Crippen molar-refractivity contribution < 1.29 is 14.7 Å². The molecule has 0 unspecified atom stereocenters. The van der Waals surface area contributed by atoms with Crippen molar-refractivity contribution in [3.63, 3.8) is 0 Å². The van der Waals surface area contributed by atoms with Crippen LogP contribution in [-0.4, -0.2) is 90.7 Å². The van der Waals surface area contributed by atoms with E-state index in [9.17, 15) is 14.7 Å². The second kappa shape index (κ2) is 12.2. The summed E-state index contributed by atoms with van der Waals surface area (Å²) in [5, 5.41) is 12.5. The molecule has 1 heterocycles. The molecule has 7 nitrogen and oxygen atoms in total. The number of amides is 3. The SMILES string of the molecule is CN1CCN(C(=O)[C@H](Cc2ccccc2)NC(=O)N(CCO)CCc2ccccc2)CC1. The predicted molar refractivity (Wildman–Crippen MR) is 125 cm³/mol. The van der Waals surface area contributed by atoms with E-state index in [0.29, 0.717) is 32.5 Å². The van der Waals surface area contributed by atoms with Gasteiger partial charge in [-0.2, -0.15) is 0 Å². The van der Waals surface area contributed by atoms with Crippen LogP contribution in [0.1, 0.15) is 11.1 Å². The number of carbonyl (C=O) groups is 2. The first-order chi connectivity index (χ1) is 15.6. The maximum atomic E-state index is 13.3. The molecule has 7 heteroatoms. The van der Waals surface area contributed by atoms with E-state index >= 15 is 0 Å². The number of nitrogens with zero attached hydrogens (tertiary/aromatic N) is 3. The van der Waals surface area contributed by atoms with E-state index in [0.717, 1.165) is 24.2 Å². The fourth-order valence-corrected chi connectivity index (χ4v) is 3.88. The van der Waals surface area contributed by atoms with E-state index in [1.54, 1.807) is 4.90 Å². The molecular formula is C25H34N4O3. The minimum Gasteiger partial charge on any atom is -0.395 e. The molecule has 0 bridgehead atoms. The molecule has 32 heavy (non-hydrogen) atoms. The van der Waals surface area contributed by atoms with Gasteiger partial charge in [0.05, 0.1) is 6.61 Å². The Morgan fingerprint density at radius 2 is 1.53 bits per heavy atom. The van der Waals surface area contributed by atoms with Crippen molar-refractivity contribution in [1.82, 2.24) is 20.0 Å². The number of hydrogen-bond donors (Lipinski definition) is 2. The van der Waals surface area contributed by atoms with E-state index in [-0.39, 0.29) is 25.1 Å². The maximum absolute atomic E-state index is 13.3. The normalized spacial score (nSPS) is 15.2. The number of nitrogens with one attached hydrogen (secondary N) is 1. The van der Waals surface area contributed by atoms with Crippen molar-refractivity contribution in [3.8, 4) is 0 Å². The Hall–Kier alpha value is -2.90. The third kappa shape index (κ3) is 7.07. The third-order valence-electron chi connectivity index (χ3n) is 5.86. The molecule has 0 aliphatic carbocycles. The van der Waals surface area contributed by atoms with Crippen molar-refractivity contribution >= 4 is 11.9 Å². The van der Waals surface area contributed by atoms with Gasteiger partial charge in [0.15, 0.2) is 0 Å². The van der Waals surface area contributed by atoms with Gasteiger partial charge < -0.3 is 25.1 Å². The summed E-state index contributed by atoms with van der Waals surface area (Å²) < 4.78 is 0. The van der Waals surface area contributed by atoms with E-state index < -0.39 is 6.04 Å². The molecule has 172 valence electrons. The van der Waals surface area contributed by atoms with Crippen LogP contribution in [0, 0.1) is 0 Å². The molecule has 1 atom stereocenters. The summed E-state index contributed by atoms with van der Waals surface area (Å²) >= 11 is 0. The van der Waals surface area contributed by atoms with E-state index in [2.05, 4.69) is 10.2 Å². The molecule has 0 saturated carbocycles. The molecule has 1 fully saturated rings. The highest BCUT2D eigenvalue weighted by Gasteiger charge is 2.29. The van der Waals surface area contributed by atoms with Gasteiger partial charge in [0.1, 0.15) is 6.04 Å². The summed E-state index contributed by atoms with van der Waals surface area (Å²) in [6.07, 6.45) is 1.12. The number of benzene rings is 2. The topological polar surface area (TPSA) is 76.1 Å². The monoisotopic (exact) mass is 438 g/mol. The Bertz CT molecular complexity index is 839. The largest absolute Gasteiger partial charge is 0.395 e. The van der Waals surface area contributed by atoms with Crippen LogP contribution < -0.4 is 5.32 Å². The van der Waals surface area contributed by atoms with Crippen molar-refractivity contribution in [1.29, 1.82) is 0 Å². The molecule has 2 N–H and O–H groups in total. The molecule has 3 rings (SSSR count). The maximum Gasteiger partial charge on any atom is 0.318 e. The van der Waals surface area contributed by atoms with Gasteiger partial charge in [-0.25, -0.2) is 4.79 Å². The number of aliphatic hydroxyl groups is 1. The van der Waals surface area contributed by atoms with Crippen LogP contribution in [-0.2, 0) is 17.6 Å². The van der Waals surface area contributed by atoms with E-state index in [1.807, 2.05) is 72.6 Å². The Balaban J connectivity index is 1.69. The van der Waals surface area contributed by atoms with Crippen molar-refractivity contribution in [2.24, 2.45) is 0 Å². The Morgan fingerprint density at radius 3 is 2.12 bits per heavy atom. The zero-order valence-electron chi connectivity index (χ0n) is 18.8. The van der Waals surface area contributed by atoms with Gasteiger partial charge in [0.25, 0.3) is 0 Å². The molecule has 1 aliphatic heterocycles. The third-order valence-corrected chi connectivity index (χ3v) is 5.86. The van der Waals surface area contributed by atoms with E-state index in [4.69, 9.17) is 0 Å². The minimum atomic E-state index is -0.647. The highest BCUT2D eigenvalue weighted by molar-refractivity contribution is 5.87. The van der Waals surface area contributed by atoms with Crippen molar-refractivity contribution in [2.75, 3.05) is 52.9 Å². The van der Waals surface area contributed by atoms with Gasteiger partial charge >= 0.3 is 6.03 Å². The summed E-state index contributed by atoms with van der Waals surface area (Å²) in [5.74, 6) is -0.0534. The molecule has 0 aromatic heterocycles. The Morgan fingerprint density at radius 1 is 0.938 bits per heavy atom. The number of likely N-dealkylation sites (N-methyl/N-ethyl adjacent to an activating group) is 1. The smallest absolute Gasteiger partial charge is 0.318 e. The Kier molecular flexibility index (Phi) is 9.07. The lowest BCUT2D eigenvalue weighted by molar-refractivity contribution is -0.134. The summed E-state index contributed by atoms with van der Waals surface area (Å²) in [6, 6.07) is 18.7. The molecule has 1 saturated heterocycles. The lowest BCUT2D eigenvalue weighted by Gasteiger charge is -2.35. The summed E-state index contributed by atoms with van der Waals surface area (Å²) in [5.41, 5.74) is 2.12. The Labute approximate surface area is 190 Å². The van der Waals surface area contributed by atoms with Gasteiger partial charge in [0.2, 0.25) is 5.91 Å². The molecule has 3 amide bonds. The summed E-state index contributed by atoms with van der Waals surface area (Å²) in [4.78, 5) is 32.1. The van der Waals surface area contributed by atoms with Crippen LogP contribution in [0.5, 0.6) is 0 Å². The predicted octanol–water partition coefficient (Wildman–Crippen LogP) is 1.62. The average molecular weight is 439 g/mol. The molecule has 2 aromatic rings. The quantitative estimate of drug-likeness (QED) is 0.624. The average Bonchev–Trinajstić information content (AvgIpc) is 2.82. The summed E-state index contributed by atoms with van der Waals surface area (Å²) in [6.45, 7) is 3.53. The molecule has 0 spiro atoms. The first-order valence-electron chi connectivity index (χ1n) is 11.3. The number of hydrogen-bond acceptors (Lipinski definition) is 4. The minimum absolute atomic E-state index is 0.0534. The van der Waals surface area contributed by atoms with Crippen LogP contribution in [0.4, 0.5) is 4.79 Å². The molecule has 2 aromatic carbocycles. The second-order valence-corrected chi connectivity index (χ2v) is 8.27. The van der Waals surface area contributed by atoms with Gasteiger partial charge in [0, 0.05) is 45.7 Å². The van der Waals surface area contributed by atoms with Crippen molar-refractivity contribution in [3.05, 3.63) is 71.8 Å². The number of aliphatic hydroxyl groups excluding tert-OH is 1. The first kappa shape index (κ1) is 23.8. The van der Waals surface area contributed by atoms with Gasteiger partial charge in [-0.05, 0) is 24.6 Å². The number of rotatable bonds is 9. The van der Waals surface area contributed by atoms with Gasteiger partial charge in [-0.1, -0.05) is 60.7 Å². The van der Waals surface area contributed by atoms with Gasteiger partial charge in [-0.3, -0.25) is 4.79 Å². The standard InChI is InChI=1S/C25H34N4O3/c1-27-14-16-28(17-15-27)24(31)23(20-22-10-6-3-7-11-22)26-25(32)29(18-19-30)13-12-21-8-4-2-5-9-21/h2-11,23,30H,12-20H2,1H3,(H,26,32)/t23-/m0/s1. The number of piperazine rings is 1. The fraction of sp³-hybridized carbons (Fsp3) is 0.440.